The first-order chi connectivity index (χ1) is 9.33. The molecule has 0 atom stereocenters. The van der Waals surface area contributed by atoms with Gasteiger partial charge in [0.05, 0.1) is 17.7 Å². The summed E-state index contributed by atoms with van der Waals surface area (Å²) in [6, 6.07) is 12.9. The van der Waals surface area contributed by atoms with Crippen molar-refractivity contribution in [2.75, 3.05) is 6.61 Å². The maximum atomic E-state index is 8.91. The fraction of sp³-hybridized carbons (Fsp3) is 0.200. The van der Waals surface area contributed by atoms with Crippen molar-refractivity contribution in [3.8, 4) is 17.9 Å². The van der Waals surface area contributed by atoms with E-state index in [1.807, 2.05) is 36.7 Å². The maximum Gasteiger partial charge on any atom is 0.120 e. The van der Waals surface area contributed by atoms with Gasteiger partial charge in [-0.2, -0.15) is 10.5 Å². The van der Waals surface area contributed by atoms with Crippen LogP contribution < -0.4 is 4.74 Å². The molecule has 0 spiro atoms. The lowest BCUT2D eigenvalue weighted by molar-refractivity contribution is 0.302. The molecule has 0 aliphatic heterocycles. The highest BCUT2D eigenvalue weighted by Crippen LogP contribution is 2.17. The second-order valence-electron chi connectivity index (χ2n) is 4.05. The number of aromatic nitrogens is 1. The van der Waals surface area contributed by atoms with Crippen molar-refractivity contribution in [1.82, 2.24) is 4.57 Å². The van der Waals surface area contributed by atoms with Gasteiger partial charge in [-0.1, -0.05) is 0 Å². The second-order valence-corrected chi connectivity index (χ2v) is 4.05. The minimum Gasteiger partial charge on any atom is -0.493 e. The molecule has 0 unspecified atom stereocenters. The summed E-state index contributed by atoms with van der Waals surface area (Å²) in [5.74, 6) is 0.628. The molecule has 94 valence electrons. The van der Waals surface area contributed by atoms with E-state index in [0.717, 1.165) is 13.0 Å². The molecule has 1 heterocycles. The SMILES string of the molecule is N#Cc1ccc(OCCCn2cccc2)cc1C#N. The van der Waals surface area contributed by atoms with Crippen LogP contribution in [-0.2, 0) is 6.54 Å². The highest BCUT2D eigenvalue weighted by Gasteiger charge is 2.03. The van der Waals surface area contributed by atoms with Crippen molar-refractivity contribution in [2.45, 2.75) is 13.0 Å². The predicted molar refractivity (Wildman–Crippen MR) is 70.4 cm³/mol. The van der Waals surface area contributed by atoms with E-state index >= 15 is 0 Å². The molecule has 0 amide bonds. The van der Waals surface area contributed by atoms with Crippen molar-refractivity contribution in [1.29, 1.82) is 10.5 Å². The van der Waals surface area contributed by atoms with Crippen molar-refractivity contribution >= 4 is 0 Å². The molecule has 4 heteroatoms. The van der Waals surface area contributed by atoms with E-state index < -0.39 is 0 Å². The molecule has 1 aromatic heterocycles. The van der Waals surface area contributed by atoms with Gasteiger partial charge in [-0.05, 0) is 36.8 Å². The average Bonchev–Trinajstić information content (AvgIpc) is 2.96. The summed E-state index contributed by atoms with van der Waals surface area (Å²) in [5, 5.41) is 17.7. The maximum absolute atomic E-state index is 8.91. The molecule has 2 rings (SSSR count). The summed E-state index contributed by atoms with van der Waals surface area (Å²) in [7, 11) is 0. The summed E-state index contributed by atoms with van der Waals surface area (Å²) in [4.78, 5) is 0. The zero-order valence-corrected chi connectivity index (χ0v) is 10.4. The van der Waals surface area contributed by atoms with Gasteiger partial charge in [0.25, 0.3) is 0 Å². The van der Waals surface area contributed by atoms with Crippen LogP contribution in [0.5, 0.6) is 5.75 Å². The quantitative estimate of drug-likeness (QED) is 0.767. The molecular formula is C15H13N3O. The zero-order valence-electron chi connectivity index (χ0n) is 10.4. The molecule has 1 aromatic carbocycles. The Hall–Kier alpha value is -2.72. The van der Waals surface area contributed by atoms with Crippen LogP contribution in [0, 0.1) is 22.7 Å². The van der Waals surface area contributed by atoms with Crippen LogP contribution in [0.2, 0.25) is 0 Å². The third-order valence-electron chi connectivity index (χ3n) is 2.73. The first-order valence-electron chi connectivity index (χ1n) is 6.01. The highest BCUT2D eigenvalue weighted by molar-refractivity contribution is 5.49. The molecule has 0 aliphatic carbocycles. The molecule has 0 saturated heterocycles. The molecular weight excluding hydrogens is 238 g/mol. The van der Waals surface area contributed by atoms with Gasteiger partial charge in [-0.3, -0.25) is 0 Å². The van der Waals surface area contributed by atoms with Crippen LogP contribution in [-0.4, -0.2) is 11.2 Å². The Morgan fingerprint density at radius 2 is 1.79 bits per heavy atom. The Labute approximate surface area is 112 Å². The molecule has 0 fully saturated rings. The fourth-order valence-electron chi connectivity index (χ4n) is 1.76. The average molecular weight is 251 g/mol. The number of aryl methyl sites for hydroxylation is 1. The van der Waals surface area contributed by atoms with Crippen molar-refractivity contribution in [2.24, 2.45) is 0 Å². The van der Waals surface area contributed by atoms with E-state index in [4.69, 9.17) is 15.3 Å². The molecule has 19 heavy (non-hydrogen) atoms. The van der Waals surface area contributed by atoms with Gasteiger partial charge in [-0.15, -0.1) is 0 Å². The van der Waals surface area contributed by atoms with Crippen LogP contribution >= 0.6 is 0 Å². The number of ether oxygens (including phenoxy) is 1. The number of nitriles is 2. The summed E-state index contributed by atoms with van der Waals surface area (Å²) < 4.78 is 7.66. The summed E-state index contributed by atoms with van der Waals surface area (Å²) in [6.07, 6.45) is 4.90. The lowest BCUT2D eigenvalue weighted by atomic mass is 10.1. The second kappa shape index (κ2) is 6.28. The molecule has 0 bridgehead atoms. The molecule has 4 nitrogen and oxygen atoms in total. The molecule has 0 saturated carbocycles. The van der Waals surface area contributed by atoms with Crippen LogP contribution in [0.1, 0.15) is 17.5 Å². The number of nitrogens with zero attached hydrogens (tertiary/aromatic N) is 3. The van der Waals surface area contributed by atoms with Crippen molar-refractivity contribution in [3.63, 3.8) is 0 Å². The highest BCUT2D eigenvalue weighted by atomic mass is 16.5. The van der Waals surface area contributed by atoms with Crippen LogP contribution in [0.4, 0.5) is 0 Å². The van der Waals surface area contributed by atoms with E-state index in [2.05, 4.69) is 4.57 Å². The Morgan fingerprint density at radius 3 is 2.47 bits per heavy atom. The first-order valence-corrected chi connectivity index (χ1v) is 6.01. The topological polar surface area (TPSA) is 61.7 Å². The third-order valence-corrected chi connectivity index (χ3v) is 2.73. The number of hydrogen-bond donors (Lipinski definition) is 0. The normalized spacial score (nSPS) is 9.58. The van der Waals surface area contributed by atoms with Gasteiger partial charge >= 0.3 is 0 Å². The Morgan fingerprint density at radius 1 is 1.05 bits per heavy atom. The largest absolute Gasteiger partial charge is 0.493 e. The van der Waals surface area contributed by atoms with Crippen LogP contribution in [0.15, 0.2) is 42.7 Å². The molecule has 0 N–H and O–H groups in total. The van der Waals surface area contributed by atoms with E-state index in [1.54, 1.807) is 18.2 Å². The number of hydrogen-bond acceptors (Lipinski definition) is 3. The monoisotopic (exact) mass is 251 g/mol. The summed E-state index contributed by atoms with van der Waals surface area (Å²) in [6.45, 7) is 1.48. The van der Waals surface area contributed by atoms with Gasteiger partial charge in [-0.25, -0.2) is 0 Å². The predicted octanol–water partition coefficient (Wildman–Crippen LogP) is 2.70. The molecule has 0 radical (unpaired) electrons. The van der Waals surface area contributed by atoms with E-state index in [1.165, 1.54) is 0 Å². The van der Waals surface area contributed by atoms with Crippen LogP contribution in [0.3, 0.4) is 0 Å². The van der Waals surface area contributed by atoms with Crippen LogP contribution in [0.25, 0.3) is 0 Å². The third kappa shape index (κ3) is 3.37. The summed E-state index contributed by atoms with van der Waals surface area (Å²) in [5.41, 5.74) is 0.729. The fourth-order valence-corrected chi connectivity index (χ4v) is 1.76. The smallest absolute Gasteiger partial charge is 0.120 e. The zero-order chi connectivity index (χ0) is 13.5. The van der Waals surface area contributed by atoms with E-state index in [0.29, 0.717) is 23.5 Å². The van der Waals surface area contributed by atoms with Gasteiger partial charge in [0.15, 0.2) is 0 Å². The van der Waals surface area contributed by atoms with Gasteiger partial charge in [0.2, 0.25) is 0 Å². The van der Waals surface area contributed by atoms with Gasteiger partial charge in [0.1, 0.15) is 17.9 Å². The van der Waals surface area contributed by atoms with E-state index in [9.17, 15) is 0 Å². The van der Waals surface area contributed by atoms with E-state index in [-0.39, 0.29) is 0 Å². The Kier molecular flexibility index (Phi) is 4.21. The number of benzene rings is 1. The van der Waals surface area contributed by atoms with Crippen molar-refractivity contribution in [3.05, 3.63) is 53.9 Å². The Bertz CT molecular complexity index is 618. The lowest BCUT2D eigenvalue weighted by Crippen LogP contribution is -2.03. The minimum atomic E-state index is 0.352. The Balaban J connectivity index is 1.87. The summed E-state index contributed by atoms with van der Waals surface area (Å²) >= 11 is 0. The molecule has 2 aromatic rings. The number of rotatable bonds is 5. The minimum absolute atomic E-state index is 0.352. The first kappa shape index (κ1) is 12.7. The van der Waals surface area contributed by atoms with Gasteiger partial charge in [0, 0.05) is 18.9 Å². The molecule has 0 aliphatic rings. The standard InChI is InChI=1S/C15H13N3O/c16-11-13-4-5-15(10-14(13)12-17)19-9-3-8-18-6-1-2-7-18/h1-2,4-7,10H,3,8-9H2. The van der Waals surface area contributed by atoms with Crippen molar-refractivity contribution < 1.29 is 4.74 Å². The van der Waals surface area contributed by atoms with Gasteiger partial charge < -0.3 is 9.30 Å². The lowest BCUT2D eigenvalue weighted by Gasteiger charge is -2.07.